The van der Waals surface area contributed by atoms with Gasteiger partial charge in [-0.2, -0.15) is 9.78 Å². The van der Waals surface area contributed by atoms with Gasteiger partial charge in [-0.05, 0) is 65.9 Å². The summed E-state index contributed by atoms with van der Waals surface area (Å²) < 4.78 is 1.58. The summed E-state index contributed by atoms with van der Waals surface area (Å²) in [5.41, 5.74) is 6.78. The molecular weight excluding hydrogens is 348 g/mol. The van der Waals surface area contributed by atoms with Crippen molar-refractivity contribution in [1.82, 2.24) is 20.2 Å². The summed E-state index contributed by atoms with van der Waals surface area (Å²) in [6.07, 6.45) is 0. The summed E-state index contributed by atoms with van der Waals surface area (Å²) in [6, 6.07) is 15.5. The van der Waals surface area contributed by atoms with Crippen LogP contribution in [0.25, 0.3) is 5.69 Å². The molecule has 132 valence electrons. The van der Waals surface area contributed by atoms with Gasteiger partial charge in [0, 0.05) is 6.92 Å². The average Bonchev–Trinajstić information content (AvgIpc) is 3.07. The number of rotatable bonds is 5. The number of carbonyl (C=O) groups excluding carboxylic acids is 1. The van der Waals surface area contributed by atoms with Crippen LogP contribution in [-0.2, 0) is 4.79 Å². The van der Waals surface area contributed by atoms with Gasteiger partial charge in [0.05, 0.1) is 11.4 Å². The van der Waals surface area contributed by atoms with Gasteiger partial charge in [-0.15, -0.1) is 5.10 Å². The molecule has 0 atom stereocenters. The number of ketones is 1. The molecule has 8 heteroatoms. The summed E-state index contributed by atoms with van der Waals surface area (Å²) in [5.74, 6) is -0.173. The minimum Gasteiger partial charge on any atom is -0.292 e. The summed E-state index contributed by atoms with van der Waals surface area (Å²) >= 11 is 1.12. The maximum Gasteiger partial charge on any atom is 0.220 e. The number of Topliss-reactive ketones (excluding diaryl/α,β-unsaturated/α-hetero) is 1. The van der Waals surface area contributed by atoms with Crippen LogP contribution in [0.4, 0.5) is 5.69 Å². The van der Waals surface area contributed by atoms with Gasteiger partial charge in [0.15, 0.2) is 10.8 Å². The number of carbonyl (C=O) groups is 1. The van der Waals surface area contributed by atoms with E-state index in [-0.39, 0.29) is 10.8 Å². The molecule has 0 unspecified atom stereocenters. The van der Waals surface area contributed by atoms with Crippen LogP contribution in [0.5, 0.6) is 0 Å². The summed E-state index contributed by atoms with van der Waals surface area (Å²) in [4.78, 5) is 12.0. The molecule has 7 nitrogen and oxygen atoms in total. The average molecular weight is 366 g/mol. The topological polar surface area (TPSA) is 85.1 Å². The monoisotopic (exact) mass is 366 g/mol. The second-order valence-corrected chi connectivity index (χ2v) is 6.72. The molecule has 3 rings (SSSR count). The molecule has 0 saturated carbocycles. The molecule has 0 saturated heterocycles. The van der Waals surface area contributed by atoms with Crippen LogP contribution in [0.1, 0.15) is 18.1 Å². The number of benzene rings is 2. The third kappa shape index (κ3) is 4.34. The fourth-order valence-electron chi connectivity index (χ4n) is 2.18. The van der Waals surface area contributed by atoms with Crippen molar-refractivity contribution in [3.05, 3.63) is 59.7 Å². The Morgan fingerprint density at radius 1 is 1.12 bits per heavy atom. The lowest BCUT2D eigenvalue weighted by Crippen LogP contribution is -2.10. The van der Waals surface area contributed by atoms with E-state index in [4.69, 9.17) is 0 Å². The van der Waals surface area contributed by atoms with Crippen molar-refractivity contribution in [3.63, 3.8) is 0 Å². The first-order valence-corrected chi connectivity index (χ1v) is 8.79. The predicted octanol–water partition coefficient (Wildman–Crippen LogP) is 3.39. The predicted molar refractivity (Wildman–Crippen MR) is 103 cm³/mol. The maximum absolute atomic E-state index is 12.0. The largest absolute Gasteiger partial charge is 0.292 e. The standard InChI is InChI=1S/C18H18N6OS/c1-12-7-9-16(10-8-12)24-18(21-22-23-24)26-17(14(3)25)20-19-15-6-4-5-13(2)11-15/h4-11,19H,1-3H3. The van der Waals surface area contributed by atoms with Crippen molar-refractivity contribution in [1.29, 1.82) is 0 Å². The Morgan fingerprint density at radius 2 is 1.88 bits per heavy atom. The van der Waals surface area contributed by atoms with E-state index in [0.29, 0.717) is 5.16 Å². The van der Waals surface area contributed by atoms with Gasteiger partial charge in [-0.1, -0.05) is 29.8 Å². The zero-order valence-electron chi connectivity index (χ0n) is 14.7. The number of hydrazone groups is 1. The second kappa shape index (κ2) is 7.92. The lowest BCUT2D eigenvalue weighted by Gasteiger charge is -2.06. The molecule has 1 heterocycles. The molecule has 0 radical (unpaired) electrons. The smallest absolute Gasteiger partial charge is 0.220 e. The molecule has 1 N–H and O–H groups in total. The van der Waals surface area contributed by atoms with Crippen molar-refractivity contribution in [2.24, 2.45) is 5.10 Å². The van der Waals surface area contributed by atoms with Crippen LogP contribution in [0.15, 0.2) is 58.8 Å². The Balaban J connectivity index is 1.83. The van der Waals surface area contributed by atoms with Crippen molar-refractivity contribution in [2.75, 3.05) is 5.43 Å². The SMILES string of the molecule is CC(=O)C(=NNc1cccc(C)c1)Sc1nnnn1-c1ccc(C)cc1. The highest BCUT2D eigenvalue weighted by atomic mass is 32.2. The summed E-state index contributed by atoms with van der Waals surface area (Å²) in [7, 11) is 0. The van der Waals surface area contributed by atoms with E-state index >= 15 is 0 Å². The number of thioether (sulfide) groups is 1. The molecule has 2 aromatic carbocycles. The van der Waals surface area contributed by atoms with E-state index in [0.717, 1.165) is 34.3 Å². The number of nitrogens with zero attached hydrogens (tertiary/aromatic N) is 5. The van der Waals surface area contributed by atoms with Gasteiger partial charge in [0.25, 0.3) is 0 Å². The van der Waals surface area contributed by atoms with Crippen LogP contribution in [-0.4, -0.2) is 31.0 Å². The zero-order chi connectivity index (χ0) is 18.5. The summed E-state index contributed by atoms with van der Waals surface area (Å²) in [5, 5.41) is 16.7. The number of tetrazole rings is 1. The first-order chi connectivity index (χ1) is 12.5. The van der Waals surface area contributed by atoms with Crippen molar-refractivity contribution < 1.29 is 4.79 Å². The fraction of sp³-hybridized carbons (Fsp3) is 0.167. The van der Waals surface area contributed by atoms with Crippen molar-refractivity contribution in [3.8, 4) is 5.69 Å². The number of aromatic nitrogens is 4. The molecule has 0 aliphatic rings. The first kappa shape index (κ1) is 17.8. The van der Waals surface area contributed by atoms with E-state index in [1.54, 1.807) is 4.68 Å². The van der Waals surface area contributed by atoms with Gasteiger partial charge in [0.1, 0.15) is 0 Å². The molecule has 0 amide bonds. The Bertz CT molecular complexity index is 948. The number of hydrogen-bond acceptors (Lipinski definition) is 7. The van der Waals surface area contributed by atoms with Gasteiger partial charge in [-0.25, -0.2) is 0 Å². The number of hydrogen-bond donors (Lipinski definition) is 1. The van der Waals surface area contributed by atoms with Gasteiger partial charge < -0.3 is 0 Å². The quantitative estimate of drug-likeness (QED) is 0.322. The molecule has 1 aromatic heterocycles. The Hall–Kier alpha value is -3.00. The second-order valence-electron chi connectivity index (χ2n) is 5.77. The lowest BCUT2D eigenvalue weighted by atomic mass is 10.2. The molecule has 0 spiro atoms. The van der Waals surface area contributed by atoms with Crippen LogP contribution in [0, 0.1) is 13.8 Å². The van der Waals surface area contributed by atoms with Crippen LogP contribution in [0.2, 0.25) is 0 Å². The van der Waals surface area contributed by atoms with Gasteiger partial charge in [0.2, 0.25) is 5.16 Å². The Labute approximate surface area is 155 Å². The van der Waals surface area contributed by atoms with Crippen LogP contribution in [0.3, 0.4) is 0 Å². The van der Waals surface area contributed by atoms with E-state index in [1.807, 2.05) is 62.4 Å². The molecule has 0 bridgehead atoms. The maximum atomic E-state index is 12.0. The highest BCUT2D eigenvalue weighted by molar-refractivity contribution is 8.15. The van der Waals surface area contributed by atoms with E-state index < -0.39 is 0 Å². The molecular formula is C18H18N6OS. The van der Waals surface area contributed by atoms with Crippen LogP contribution >= 0.6 is 11.8 Å². The number of aryl methyl sites for hydroxylation is 2. The third-order valence-electron chi connectivity index (χ3n) is 3.51. The van der Waals surface area contributed by atoms with E-state index in [2.05, 4.69) is 26.1 Å². The Morgan fingerprint density at radius 3 is 2.58 bits per heavy atom. The van der Waals surface area contributed by atoms with Crippen LogP contribution < -0.4 is 5.43 Å². The lowest BCUT2D eigenvalue weighted by molar-refractivity contribution is -0.110. The normalized spacial score (nSPS) is 11.4. The van der Waals surface area contributed by atoms with E-state index in [9.17, 15) is 4.79 Å². The molecule has 0 aliphatic heterocycles. The molecule has 0 fully saturated rings. The molecule has 26 heavy (non-hydrogen) atoms. The highest BCUT2D eigenvalue weighted by Crippen LogP contribution is 2.21. The minimum atomic E-state index is -0.173. The third-order valence-corrected chi connectivity index (χ3v) is 4.52. The minimum absolute atomic E-state index is 0.173. The van der Waals surface area contributed by atoms with Crippen molar-refractivity contribution in [2.45, 2.75) is 25.9 Å². The zero-order valence-corrected chi connectivity index (χ0v) is 15.5. The molecule has 3 aromatic rings. The van der Waals surface area contributed by atoms with Gasteiger partial charge in [-0.3, -0.25) is 10.2 Å². The summed E-state index contributed by atoms with van der Waals surface area (Å²) in [6.45, 7) is 5.46. The number of nitrogens with one attached hydrogen (secondary N) is 1. The fourth-order valence-corrected chi connectivity index (χ4v) is 2.89. The molecule has 0 aliphatic carbocycles. The first-order valence-electron chi connectivity index (χ1n) is 7.97. The van der Waals surface area contributed by atoms with Gasteiger partial charge >= 0.3 is 0 Å². The highest BCUT2D eigenvalue weighted by Gasteiger charge is 2.16. The number of anilines is 1. The Kier molecular flexibility index (Phi) is 5.43. The van der Waals surface area contributed by atoms with Crippen molar-refractivity contribution >= 4 is 28.3 Å². The van der Waals surface area contributed by atoms with E-state index in [1.165, 1.54) is 6.92 Å².